The molecule has 5 rings (SSSR count). The Bertz CT molecular complexity index is 1920. The van der Waals surface area contributed by atoms with Crippen LogP contribution in [0, 0.1) is 21.4 Å². The number of nitro groups is 1. The second-order valence-electron chi connectivity index (χ2n) is 8.18. The second-order valence-corrected chi connectivity index (χ2v) is 9.21. The number of nitrogens with one attached hydrogen (secondary N) is 1. The molecule has 39 heavy (non-hydrogen) atoms. The van der Waals surface area contributed by atoms with E-state index in [0.717, 1.165) is 11.3 Å². The minimum absolute atomic E-state index is 0.110. The van der Waals surface area contributed by atoms with Crippen LogP contribution in [0.25, 0.3) is 28.7 Å². The molecule has 10 heteroatoms. The molecule has 0 aliphatic rings. The Morgan fingerprint density at radius 3 is 2.33 bits per heavy atom. The van der Waals surface area contributed by atoms with Gasteiger partial charge in [0, 0.05) is 17.8 Å². The van der Waals surface area contributed by atoms with Gasteiger partial charge in [0.25, 0.3) is 17.2 Å². The molecule has 0 aliphatic carbocycles. The molecule has 0 atom stereocenters. The summed E-state index contributed by atoms with van der Waals surface area (Å²) in [7, 11) is 0. The first-order valence-corrected chi connectivity index (χ1v) is 12.4. The number of para-hydroxylation sites is 3. The van der Waals surface area contributed by atoms with Gasteiger partial charge in [0.2, 0.25) is 0 Å². The van der Waals surface area contributed by atoms with Crippen molar-refractivity contribution in [3.8, 4) is 23.1 Å². The Kier molecular flexibility index (Phi) is 6.98. The predicted molar refractivity (Wildman–Crippen MR) is 148 cm³/mol. The van der Waals surface area contributed by atoms with Crippen LogP contribution in [0.4, 0.5) is 11.4 Å². The quantitative estimate of drug-likeness (QED) is 0.257. The van der Waals surface area contributed by atoms with Crippen molar-refractivity contribution in [2.75, 3.05) is 5.32 Å². The first-order valence-electron chi connectivity index (χ1n) is 11.6. The van der Waals surface area contributed by atoms with Crippen molar-refractivity contribution in [3.05, 3.63) is 132 Å². The van der Waals surface area contributed by atoms with Crippen LogP contribution in [0.3, 0.4) is 0 Å². The van der Waals surface area contributed by atoms with Gasteiger partial charge in [-0.3, -0.25) is 24.3 Å². The van der Waals surface area contributed by atoms with Crippen molar-refractivity contribution >= 4 is 40.3 Å². The van der Waals surface area contributed by atoms with Gasteiger partial charge in [0.1, 0.15) is 22.3 Å². The molecule has 0 aliphatic heterocycles. The normalized spacial score (nSPS) is 12.0. The fourth-order valence-electron chi connectivity index (χ4n) is 3.92. The number of aromatic nitrogens is 1. The molecule has 190 valence electrons. The molecule has 3 aromatic carbocycles. The summed E-state index contributed by atoms with van der Waals surface area (Å²) in [4.78, 5) is 37.6. The number of thiazole rings is 1. The molecular formula is C29H18N4O5S. The van der Waals surface area contributed by atoms with Gasteiger partial charge in [-0.1, -0.05) is 48.5 Å². The zero-order chi connectivity index (χ0) is 27.4. The van der Waals surface area contributed by atoms with Gasteiger partial charge in [0.05, 0.1) is 20.7 Å². The second kappa shape index (κ2) is 10.8. The molecule has 1 N–H and O–H groups in total. The van der Waals surface area contributed by atoms with Crippen LogP contribution in [0.1, 0.15) is 5.76 Å². The van der Waals surface area contributed by atoms with E-state index in [1.807, 2.05) is 6.07 Å². The van der Waals surface area contributed by atoms with Crippen LogP contribution in [-0.4, -0.2) is 15.4 Å². The number of nitrogens with zero attached hydrogens (tertiary/aromatic N) is 3. The number of nitro benzene ring substituents is 1. The van der Waals surface area contributed by atoms with Crippen molar-refractivity contribution in [2.45, 2.75) is 0 Å². The highest BCUT2D eigenvalue weighted by molar-refractivity contribution is 7.07. The smallest absolute Gasteiger partial charge is 0.280 e. The highest BCUT2D eigenvalue weighted by Gasteiger charge is 2.19. The van der Waals surface area contributed by atoms with Crippen LogP contribution in [0.5, 0.6) is 0 Å². The van der Waals surface area contributed by atoms with E-state index in [9.17, 15) is 25.0 Å². The molecule has 5 aromatic rings. The first kappa shape index (κ1) is 25.1. The number of hydrogen-bond donors (Lipinski definition) is 1. The number of nitriles is 1. The Balaban J connectivity index is 1.67. The highest BCUT2D eigenvalue weighted by atomic mass is 32.1. The lowest BCUT2D eigenvalue weighted by molar-refractivity contribution is -0.384. The van der Waals surface area contributed by atoms with Crippen molar-refractivity contribution < 1.29 is 14.1 Å². The lowest BCUT2D eigenvalue weighted by Gasteiger charge is -2.05. The van der Waals surface area contributed by atoms with Gasteiger partial charge < -0.3 is 9.73 Å². The van der Waals surface area contributed by atoms with E-state index >= 15 is 0 Å². The van der Waals surface area contributed by atoms with Gasteiger partial charge in [-0.25, -0.2) is 0 Å². The predicted octanol–water partition coefficient (Wildman–Crippen LogP) is 4.21. The fraction of sp³-hybridized carbons (Fsp3) is 0. The lowest BCUT2D eigenvalue weighted by atomic mass is 10.1. The zero-order valence-corrected chi connectivity index (χ0v) is 20.9. The molecule has 0 spiro atoms. The van der Waals surface area contributed by atoms with Crippen LogP contribution >= 0.6 is 11.3 Å². The fourth-order valence-corrected chi connectivity index (χ4v) is 5.00. The maximum atomic E-state index is 13.6. The molecule has 9 nitrogen and oxygen atoms in total. The molecular weight excluding hydrogens is 516 g/mol. The Labute approximate surface area is 225 Å². The molecule has 0 saturated heterocycles. The van der Waals surface area contributed by atoms with Crippen molar-refractivity contribution in [3.63, 3.8) is 0 Å². The highest BCUT2D eigenvalue weighted by Crippen LogP contribution is 2.30. The third-order valence-electron chi connectivity index (χ3n) is 5.69. The van der Waals surface area contributed by atoms with E-state index in [1.54, 1.807) is 91.0 Å². The summed E-state index contributed by atoms with van der Waals surface area (Å²) < 4.78 is 7.50. The largest absolute Gasteiger partial charge is 0.456 e. The van der Waals surface area contributed by atoms with Crippen LogP contribution in [0.15, 0.2) is 106 Å². The standard InChI is InChI=1S/C29H18N4O5S/c30-18-23(27(34)31-19-9-3-1-4-10-19)29-32(20-11-5-2-6-12-20)28(35)26(39-29)17-21-15-16-25(38-21)22-13-7-8-14-24(22)33(36)37/h1-17H,(H,31,34)/b26-17-,29-23-. The summed E-state index contributed by atoms with van der Waals surface area (Å²) in [6.07, 6.45) is 1.48. The van der Waals surface area contributed by atoms with Crippen LogP contribution < -0.4 is 20.1 Å². The third-order valence-corrected chi connectivity index (χ3v) is 6.78. The maximum absolute atomic E-state index is 13.6. The van der Waals surface area contributed by atoms with Crippen LogP contribution in [-0.2, 0) is 4.79 Å². The Hall–Kier alpha value is -5.53. The molecule has 0 fully saturated rings. The minimum Gasteiger partial charge on any atom is -0.456 e. The SMILES string of the molecule is N#C/C(C(=O)Nc1ccccc1)=c1/s/c(=C\c2ccc(-c3ccccc3[N+](=O)[O-])o2)c(=O)n1-c1ccccc1. The number of carbonyl (C=O) groups is 1. The summed E-state index contributed by atoms with van der Waals surface area (Å²) in [6.45, 7) is 0. The first-order chi connectivity index (χ1) is 19.0. The summed E-state index contributed by atoms with van der Waals surface area (Å²) in [5.41, 5.74) is 0.489. The summed E-state index contributed by atoms with van der Waals surface area (Å²) in [5, 5.41) is 24.1. The van der Waals surface area contributed by atoms with Gasteiger partial charge in [-0.15, -0.1) is 11.3 Å². The van der Waals surface area contributed by atoms with Crippen molar-refractivity contribution in [1.29, 1.82) is 5.26 Å². The number of benzene rings is 3. The average molecular weight is 535 g/mol. The number of amides is 1. The summed E-state index contributed by atoms with van der Waals surface area (Å²) in [6, 6.07) is 28.7. The number of anilines is 1. The topological polar surface area (TPSA) is 131 Å². The molecule has 1 amide bonds. The van der Waals surface area contributed by atoms with Crippen molar-refractivity contribution in [2.24, 2.45) is 0 Å². The van der Waals surface area contributed by atoms with Crippen LogP contribution in [0.2, 0.25) is 0 Å². The third kappa shape index (κ3) is 5.16. The van der Waals surface area contributed by atoms with Gasteiger partial charge in [0.15, 0.2) is 5.57 Å². The molecule has 0 unspecified atom stereocenters. The molecule has 0 saturated carbocycles. The van der Waals surface area contributed by atoms with E-state index in [4.69, 9.17) is 4.42 Å². The van der Waals surface area contributed by atoms with E-state index in [1.165, 1.54) is 16.7 Å². The number of hydrogen-bond acceptors (Lipinski definition) is 7. The van der Waals surface area contributed by atoms with E-state index in [-0.39, 0.29) is 32.0 Å². The monoisotopic (exact) mass is 534 g/mol. The zero-order valence-electron chi connectivity index (χ0n) is 20.1. The Morgan fingerprint density at radius 2 is 1.64 bits per heavy atom. The molecule has 0 radical (unpaired) electrons. The number of carbonyl (C=O) groups excluding carboxylic acids is 1. The molecule has 0 bridgehead atoms. The molecule has 2 heterocycles. The van der Waals surface area contributed by atoms with Crippen molar-refractivity contribution in [1.82, 2.24) is 4.57 Å². The Morgan fingerprint density at radius 1 is 0.974 bits per heavy atom. The average Bonchev–Trinajstić information content (AvgIpc) is 3.54. The maximum Gasteiger partial charge on any atom is 0.280 e. The summed E-state index contributed by atoms with van der Waals surface area (Å²) in [5.74, 6) is -0.112. The lowest BCUT2D eigenvalue weighted by Crippen LogP contribution is -2.32. The number of rotatable bonds is 6. The van der Waals surface area contributed by atoms with Gasteiger partial charge in [-0.05, 0) is 42.5 Å². The van der Waals surface area contributed by atoms with E-state index < -0.39 is 16.4 Å². The van der Waals surface area contributed by atoms with E-state index in [2.05, 4.69) is 5.32 Å². The van der Waals surface area contributed by atoms with E-state index in [0.29, 0.717) is 16.9 Å². The minimum atomic E-state index is -0.655. The van der Waals surface area contributed by atoms with Gasteiger partial charge in [-0.2, -0.15) is 5.26 Å². The summed E-state index contributed by atoms with van der Waals surface area (Å²) >= 11 is 0.967. The number of furan rings is 1. The molecule has 2 aromatic heterocycles. The van der Waals surface area contributed by atoms with Gasteiger partial charge >= 0.3 is 0 Å².